The molecule has 11 aromatic rings. The molecule has 0 aliphatic heterocycles. The quantitative estimate of drug-likeness (QED) is 0.138. The van der Waals surface area contributed by atoms with Crippen LogP contribution in [-0.4, -0.2) is 0 Å². The van der Waals surface area contributed by atoms with Crippen LogP contribution in [0.3, 0.4) is 0 Å². The largest absolute Gasteiger partial charge is 0.455 e. The third-order valence-electron chi connectivity index (χ3n) is 10.6. The standard InChI is InChI=1S/C48H28O/c1-2-14-31-29(13-1)25-26-30-27-41(32-15-3-5-18-35(32)45(30)31)46-36-19-6-8-21-38(36)47(39-22-9-7-20-37(39)46)42-28-43-34-17-11-12-24-44(34)49-48(43)40-23-10-4-16-33(40)42/h1-28H. The van der Waals surface area contributed by atoms with Crippen molar-refractivity contribution in [1.29, 1.82) is 0 Å². The van der Waals surface area contributed by atoms with Crippen LogP contribution in [-0.2, 0) is 0 Å². The molecule has 0 fully saturated rings. The summed E-state index contributed by atoms with van der Waals surface area (Å²) in [6.07, 6.45) is 0. The van der Waals surface area contributed by atoms with Crippen molar-refractivity contribution >= 4 is 86.6 Å². The Balaban J connectivity index is 1.32. The lowest BCUT2D eigenvalue weighted by Crippen LogP contribution is -1.93. The number of furan rings is 1. The number of benzene rings is 10. The number of hydrogen-bond acceptors (Lipinski definition) is 1. The van der Waals surface area contributed by atoms with Crippen LogP contribution < -0.4 is 0 Å². The molecule has 0 aliphatic carbocycles. The van der Waals surface area contributed by atoms with E-state index in [1.165, 1.54) is 81.5 Å². The average molecular weight is 621 g/mol. The van der Waals surface area contributed by atoms with Crippen LogP contribution in [0.25, 0.3) is 109 Å². The third-order valence-corrected chi connectivity index (χ3v) is 10.6. The van der Waals surface area contributed by atoms with Crippen LogP contribution in [0.1, 0.15) is 0 Å². The summed E-state index contributed by atoms with van der Waals surface area (Å²) in [4.78, 5) is 0. The zero-order valence-corrected chi connectivity index (χ0v) is 26.6. The first kappa shape index (κ1) is 26.6. The Labute approximate surface area is 282 Å². The number of rotatable bonds is 2. The van der Waals surface area contributed by atoms with Crippen LogP contribution in [0.2, 0.25) is 0 Å². The smallest absolute Gasteiger partial charge is 0.143 e. The summed E-state index contributed by atoms with van der Waals surface area (Å²) < 4.78 is 6.51. The van der Waals surface area contributed by atoms with Gasteiger partial charge in [0.2, 0.25) is 0 Å². The summed E-state index contributed by atoms with van der Waals surface area (Å²) in [6.45, 7) is 0. The minimum absolute atomic E-state index is 0.917. The molecule has 1 heteroatoms. The van der Waals surface area contributed by atoms with E-state index >= 15 is 0 Å². The molecule has 0 saturated carbocycles. The van der Waals surface area contributed by atoms with Gasteiger partial charge in [-0.2, -0.15) is 0 Å². The van der Waals surface area contributed by atoms with Gasteiger partial charge in [-0.05, 0) is 99.7 Å². The highest BCUT2D eigenvalue weighted by molar-refractivity contribution is 6.30. The highest BCUT2D eigenvalue weighted by Gasteiger charge is 2.22. The molecule has 1 heterocycles. The Hall–Kier alpha value is -6.44. The van der Waals surface area contributed by atoms with E-state index in [2.05, 4.69) is 164 Å². The molecule has 0 radical (unpaired) electrons. The molecule has 0 aliphatic rings. The molecule has 10 aromatic carbocycles. The van der Waals surface area contributed by atoms with Crippen molar-refractivity contribution in [2.75, 3.05) is 0 Å². The number of hydrogen-bond donors (Lipinski definition) is 0. The van der Waals surface area contributed by atoms with Crippen molar-refractivity contribution in [1.82, 2.24) is 0 Å². The predicted molar refractivity (Wildman–Crippen MR) is 210 cm³/mol. The average Bonchev–Trinajstić information content (AvgIpc) is 3.55. The van der Waals surface area contributed by atoms with Crippen molar-refractivity contribution in [2.45, 2.75) is 0 Å². The lowest BCUT2D eigenvalue weighted by atomic mass is 9.82. The summed E-state index contributed by atoms with van der Waals surface area (Å²) in [5, 5.41) is 17.3. The first-order valence-electron chi connectivity index (χ1n) is 16.9. The SMILES string of the molecule is c1ccc2c(c1)ccc1cc(-c3c4ccccc4c(-c4cc5c6ccccc6oc5c5ccccc45)c4ccccc34)c3ccccc3c12. The second-order valence-corrected chi connectivity index (χ2v) is 13.1. The van der Waals surface area contributed by atoms with Crippen molar-refractivity contribution in [3.8, 4) is 22.3 Å². The van der Waals surface area contributed by atoms with Gasteiger partial charge >= 0.3 is 0 Å². The predicted octanol–water partition coefficient (Wildman–Crippen LogP) is 13.8. The normalized spacial score (nSPS) is 12.1. The Bertz CT molecular complexity index is 3100. The first-order valence-corrected chi connectivity index (χ1v) is 16.9. The fourth-order valence-electron chi connectivity index (χ4n) is 8.55. The second-order valence-electron chi connectivity index (χ2n) is 13.1. The molecule has 0 N–H and O–H groups in total. The highest BCUT2D eigenvalue weighted by atomic mass is 16.3. The highest BCUT2D eigenvalue weighted by Crippen LogP contribution is 2.49. The summed E-state index contributed by atoms with van der Waals surface area (Å²) in [6, 6.07) is 62.1. The minimum Gasteiger partial charge on any atom is -0.455 e. The fraction of sp³-hybridized carbons (Fsp3) is 0. The van der Waals surface area contributed by atoms with Gasteiger partial charge in [-0.15, -0.1) is 0 Å². The fourth-order valence-corrected chi connectivity index (χ4v) is 8.55. The molecule has 0 spiro atoms. The third kappa shape index (κ3) is 3.70. The van der Waals surface area contributed by atoms with Crippen LogP contribution in [0, 0.1) is 0 Å². The second kappa shape index (κ2) is 10.0. The molecule has 1 aromatic heterocycles. The van der Waals surface area contributed by atoms with Gasteiger partial charge in [0.1, 0.15) is 11.2 Å². The lowest BCUT2D eigenvalue weighted by molar-refractivity contribution is 0.672. The molecule has 0 atom stereocenters. The van der Waals surface area contributed by atoms with Crippen molar-refractivity contribution < 1.29 is 4.42 Å². The zero-order chi connectivity index (χ0) is 32.1. The number of fused-ring (bicyclic) bond motifs is 12. The van der Waals surface area contributed by atoms with Gasteiger partial charge in [0.25, 0.3) is 0 Å². The molecule has 0 unspecified atom stereocenters. The van der Waals surface area contributed by atoms with E-state index in [1.54, 1.807) is 0 Å². The van der Waals surface area contributed by atoms with Crippen LogP contribution >= 0.6 is 0 Å². The van der Waals surface area contributed by atoms with E-state index in [-0.39, 0.29) is 0 Å². The van der Waals surface area contributed by atoms with E-state index < -0.39 is 0 Å². The van der Waals surface area contributed by atoms with E-state index in [1.807, 2.05) is 6.07 Å². The van der Waals surface area contributed by atoms with Gasteiger partial charge < -0.3 is 4.42 Å². The molecule has 0 saturated heterocycles. The molecule has 11 rings (SSSR count). The lowest BCUT2D eigenvalue weighted by Gasteiger charge is -2.20. The zero-order valence-electron chi connectivity index (χ0n) is 26.6. The maximum absolute atomic E-state index is 6.51. The molecular formula is C48H28O. The van der Waals surface area contributed by atoms with E-state index in [0.717, 1.165) is 27.3 Å². The maximum Gasteiger partial charge on any atom is 0.143 e. The molecule has 49 heavy (non-hydrogen) atoms. The Kier molecular flexibility index (Phi) is 5.45. The Morgan fingerprint density at radius 3 is 1.39 bits per heavy atom. The topological polar surface area (TPSA) is 13.1 Å². The Morgan fingerprint density at radius 1 is 0.286 bits per heavy atom. The van der Waals surface area contributed by atoms with E-state index in [4.69, 9.17) is 4.42 Å². The molecule has 1 nitrogen and oxygen atoms in total. The van der Waals surface area contributed by atoms with E-state index in [0.29, 0.717) is 0 Å². The summed E-state index contributed by atoms with van der Waals surface area (Å²) in [5.74, 6) is 0. The molecule has 0 amide bonds. The molecule has 0 bridgehead atoms. The first-order chi connectivity index (χ1) is 24.3. The van der Waals surface area contributed by atoms with Crippen LogP contribution in [0.15, 0.2) is 174 Å². The summed E-state index contributed by atoms with van der Waals surface area (Å²) in [5.41, 5.74) is 6.89. The maximum atomic E-state index is 6.51. The molecule has 226 valence electrons. The van der Waals surface area contributed by atoms with Crippen LogP contribution in [0.4, 0.5) is 0 Å². The van der Waals surface area contributed by atoms with Gasteiger partial charge in [-0.25, -0.2) is 0 Å². The minimum atomic E-state index is 0.917. The van der Waals surface area contributed by atoms with Gasteiger partial charge in [-0.1, -0.05) is 152 Å². The number of para-hydroxylation sites is 1. The van der Waals surface area contributed by atoms with Gasteiger partial charge in [-0.3, -0.25) is 0 Å². The van der Waals surface area contributed by atoms with Crippen LogP contribution in [0.5, 0.6) is 0 Å². The molecular weight excluding hydrogens is 593 g/mol. The Morgan fingerprint density at radius 2 is 0.735 bits per heavy atom. The summed E-state index contributed by atoms with van der Waals surface area (Å²) >= 11 is 0. The monoisotopic (exact) mass is 620 g/mol. The van der Waals surface area contributed by atoms with Gasteiger partial charge in [0.15, 0.2) is 0 Å². The van der Waals surface area contributed by atoms with Crippen molar-refractivity contribution in [2.24, 2.45) is 0 Å². The van der Waals surface area contributed by atoms with Crippen molar-refractivity contribution in [3.05, 3.63) is 170 Å². The van der Waals surface area contributed by atoms with Gasteiger partial charge in [0, 0.05) is 16.2 Å². The van der Waals surface area contributed by atoms with E-state index in [9.17, 15) is 0 Å². The summed E-state index contributed by atoms with van der Waals surface area (Å²) in [7, 11) is 0. The van der Waals surface area contributed by atoms with Gasteiger partial charge in [0.05, 0.1) is 0 Å². The van der Waals surface area contributed by atoms with Crippen molar-refractivity contribution in [3.63, 3.8) is 0 Å².